The molecule has 2 aromatic rings. The van der Waals surface area contributed by atoms with E-state index in [1.165, 1.54) is 5.56 Å². The van der Waals surface area contributed by atoms with Crippen LogP contribution >= 0.6 is 0 Å². The highest BCUT2D eigenvalue weighted by atomic mass is 16.2. The predicted octanol–water partition coefficient (Wildman–Crippen LogP) is 2.63. The van der Waals surface area contributed by atoms with Crippen molar-refractivity contribution in [2.75, 3.05) is 16.4 Å². The van der Waals surface area contributed by atoms with Gasteiger partial charge in [0.25, 0.3) is 0 Å². The number of nitrogens with one attached hydrogen (secondary N) is 2. The lowest BCUT2D eigenvalue weighted by Crippen LogP contribution is -2.37. The number of carbonyl (C=O) groups is 1. The molecular weight excluding hydrogens is 250 g/mol. The highest BCUT2D eigenvalue weighted by molar-refractivity contribution is 5.99. The Labute approximate surface area is 118 Å². The number of para-hydroxylation sites is 3. The SMILES string of the molecule is Nc1ccccc1NC(=O)C1CCc2ccccc2N1. The highest BCUT2D eigenvalue weighted by Gasteiger charge is 2.23. The zero-order valence-corrected chi connectivity index (χ0v) is 11.1. The summed E-state index contributed by atoms with van der Waals surface area (Å²) in [5.41, 5.74) is 9.39. The molecule has 3 rings (SSSR count). The molecule has 0 aliphatic carbocycles. The van der Waals surface area contributed by atoms with Gasteiger partial charge in [-0.15, -0.1) is 0 Å². The molecule has 102 valence electrons. The molecule has 0 bridgehead atoms. The molecule has 0 fully saturated rings. The van der Waals surface area contributed by atoms with Gasteiger partial charge in [0.1, 0.15) is 6.04 Å². The first-order valence-corrected chi connectivity index (χ1v) is 6.74. The molecule has 1 unspecified atom stereocenters. The number of anilines is 3. The molecule has 0 spiro atoms. The quantitative estimate of drug-likeness (QED) is 0.733. The van der Waals surface area contributed by atoms with Gasteiger partial charge in [-0.2, -0.15) is 0 Å². The van der Waals surface area contributed by atoms with Crippen LogP contribution in [0.25, 0.3) is 0 Å². The summed E-state index contributed by atoms with van der Waals surface area (Å²) in [6, 6.07) is 15.2. The molecule has 1 aliphatic rings. The predicted molar refractivity (Wildman–Crippen MR) is 81.7 cm³/mol. The van der Waals surface area contributed by atoms with Gasteiger partial charge in [0.15, 0.2) is 0 Å². The van der Waals surface area contributed by atoms with Crippen LogP contribution in [0, 0.1) is 0 Å². The zero-order chi connectivity index (χ0) is 13.9. The zero-order valence-electron chi connectivity index (χ0n) is 11.1. The minimum absolute atomic E-state index is 0.0441. The average Bonchev–Trinajstić information content (AvgIpc) is 2.49. The van der Waals surface area contributed by atoms with Crippen LogP contribution in [0.1, 0.15) is 12.0 Å². The summed E-state index contributed by atoms with van der Waals surface area (Å²) in [4.78, 5) is 12.3. The number of nitrogen functional groups attached to an aromatic ring is 1. The van der Waals surface area contributed by atoms with Crippen LogP contribution in [-0.4, -0.2) is 11.9 Å². The molecule has 4 N–H and O–H groups in total. The Balaban J connectivity index is 1.72. The van der Waals surface area contributed by atoms with Gasteiger partial charge in [-0.1, -0.05) is 30.3 Å². The van der Waals surface area contributed by atoms with Gasteiger partial charge in [0, 0.05) is 5.69 Å². The smallest absolute Gasteiger partial charge is 0.246 e. The number of fused-ring (bicyclic) bond motifs is 1. The normalized spacial score (nSPS) is 16.9. The molecule has 4 nitrogen and oxygen atoms in total. The molecule has 4 heteroatoms. The average molecular weight is 267 g/mol. The fraction of sp³-hybridized carbons (Fsp3) is 0.188. The molecule has 1 heterocycles. The minimum atomic E-state index is -0.218. The van der Waals surface area contributed by atoms with Gasteiger partial charge in [0.2, 0.25) is 5.91 Å². The Morgan fingerprint density at radius 1 is 1.15 bits per heavy atom. The number of carbonyl (C=O) groups excluding carboxylic acids is 1. The number of benzene rings is 2. The van der Waals surface area contributed by atoms with Gasteiger partial charge < -0.3 is 16.4 Å². The van der Waals surface area contributed by atoms with Gasteiger partial charge in [-0.3, -0.25) is 4.79 Å². The molecule has 1 atom stereocenters. The third-order valence-electron chi connectivity index (χ3n) is 3.58. The largest absolute Gasteiger partial charge is 0.397 e. The van der Waals surface area contributed by atoms with Crippen molar-refractivity contribution in [1.82, 2.24) is 0 Å². The highest BCUT2D eigenvalue weighted by Crippen LogP contribution is 2.25. The summed E-state index contributed by atoms with van der Waals surface area (Å²) in [6.07, 6.45) is 1.70. The van der Waals surface area contributed by atoms with Gasteiger partial charge >= 0.3 is 0 Å². The molecule has 1 aliphatic heterocycles. The molecule has 2 aromatic carbocycles. The third-order valence-corrected chi connectivity index (χ3v) is 3.58. The minimum Gasteiger partial charge on any atom is -0.397 e. The Morgan fingerprint density at radius 2 is 1.90 bits per heavy atom. The van der Waals surface area contributed by atoms with Crippen molar-refractivity contribution < 1.29 is 4.79 Å². The summed E-state index contributed by atoms with van der Waals surface area (Å²) >= 11 is 0. The van der Waals surface area contributed by atoms with Gasteiger partial charge in [0.05, 0.1) is 11.4 Å². The second kappa shape index (κ2) is 5.25. The molecule has 1 amide bonds. The first-order valence-electron chi connectivity index (χ1n) is 6.74. The third kappa shape index (κ3) is 2.45. The fourth-order valence-electron chi connectivity index (χ4n) is 2.47. The number of amides is 1. The van der Waals surface area contributed by atoms with Crippen LogP contribution in [0.2, 0.25) is 0 Å². The summed E-state index contributed by atoms with van der Waals surface area (Å²) in [5.74, 6) is -0.0441. The Bertz CT molecular complexity index is 639. The lowest BCUT2D eigenvalue weighted by atomic mass is 9.97. The van der Waals surface area contributed by atoms with E-state index < -0.39 is 0 Å². The van der Waals surface area contributed by atoms with Crippen molar-refractivity contribution in [1.29, 1.82) is 0 Å². The Morgan fingerprint density at radius 3 is 2.75 bits per heavy atom. The molecule has 0 saturated carbocycles. The van der Waals surface area contributed by atoms with E-state index >= 15 is 0 Å². The maximum atomic E-state index is 12.3. The van der Waals surface area contributed by atoms with Crippen LogP contribution in [0.5, 0.6) is 0 Å². The van der Waals surface area contributed by atoms with Crippen molar-refractivity contribution in [2.45, 2.75) is 18.9 Å². The van der Waals surface area contributed by atoms with Gasteiger partial charge in [-0.25, -0.2) is 0 Å². The second-order valence-corrected chi connectivity index (χ2v) is 4.97. The molecule has 0 aromatic heterocycles. The van der Waals surface area contributed by atoms with E-state index in [2.05, 4.69) is 16.7 Å². The van der Waals surface area contributed by atoms with E-state index in [1.807, 2.05) is 36.4 Å². The number of aryl methyl sites for hydroxylation is 1. The molecular formula is C16H17N3O. The standard InChI is InChI=1S/C16H17N3O/c17-12-6-2-4-8-14(12)19-16(20)15-10-9-11-5-1-3-7-13(11)18-15/h1-8,15,18H,9-10,17H2,(H,19,20). The summed E-state index contributed by atoms with van der Waals surface area (Å²) in [5, 5.41) is 6.17. The number of hydrogen-bond acceptors (Lipinski definition) is 3. The summed E-state index contributed by atoms with van der Waals surface area (Å²) in [6.45, 7) is 0. The summed E-state index contributed by atoms with van der Waals surface area (Å²) < 4.78 is 0. The van der Waals surface area contributed by atoms with Crippen LogP contribution in [-0.2, 0) is 11.2 Å². The van der Waals surface area contributed by atoms with Gasteiger partial charge in [-0.05, 0) is 36.6 Å². The van der Waals surface area contributed by atoms with E-state index in [1.54, 1.807) is 6.07 Å². The first kappa shape index (κ1) is 12.5. The summed E-state index contributed by atoms with van der Waals surface area (Å²) in [7, 11) is 0. The molecule has 20 heavy (non-hydrogen) atoms. The fourth-order valence-corrected chi connectivity index (χ4v) is 2.47. The lowest BCUT2D eigenvalue weighted by Gasteiger charge is -2.26. The monoisotopic (exact) mass is 267 g/mol. The van der Waals surface area contributed by atoms with Crippen LogP contribution < -0.4 is 16.4 Å². The van der Waals surface area contributed by atoms with Crippen molar-refractivity contribution in [2.24, 2.45) is 0 Å². The number of hydrogen-bond donors (Lipinski definition) is 3. The maximum Gasteiger partial charge on any atom is 0.246 e. The molecule has 0 radical (unpaired) electrons. The van der Waals surface area contributed by atoms with E-state index in [4.69, 9.17) is 5.73 Å². The first-order chi connectivity index (χ1) is 9.74. The topological polar surface area (TPSA) is 67.1 Å². The van der Waals surface area contributed by atoms with Crippen LogP contribution in [0.15, 0.2) is 48.5 Å². The Hall–Kier alpha value is -2.49. The molecule has 0 saturated heterocycles. The maximum absolute atomic E-state index is 12.3. The van der Waals surface area contributed by atoms with Crippen molar-refractivity contribution in [3.8, 4) is 0 Å². The van der Waals surface area contributed by atoms with E-state index in [0.29, 0.717) is 11.4 Å². The van der Waals surface area contributed by atoms with Crippen LogP contribution in [0.3, 0.4) is 0 Å². The Kier molecular flexibility index (Phi) is 3.29. The second-order valence-electron chi connectivity index (χ2n) is 4.97. The van der Waals surface area contributed by atoms with Crippen LogP contribution in [0.4, 0.5) is 17.1 Å². The van der Waals surface area contributed by atoms with E-state index in [0.717, 1.165) is 18.5 Å². The number of rotatable bonds is 2. The van der Waals surface area contributed by atoms with Crippen molar-refractivity contribution in [3.05, 3.63) is 54.1 Å². The van der Waals surface area contributed by atoms with E-state index in [9.17, 15) is 4.79 Å². The number of nitrogens with two attached hydrogens (primary N) is 1. The van der Waals surface area contributed by atoms with Crippen molar-refractivity contribution in [3.63, 3.8) is 0 Å². The van der Waals surface area contributed by atoms with E-state index in [-0.39, 0.29) is 11.9 Å². The lowest BCUT2D eigenvalue weighted by molar-refractivity contribution is -0.117. The van der Waals surface area contributed by atoms with Crippen molar-refractivity contribution >= 4 is 23.0 Å².